The van der Waals surface area contributed by atoms with Gasteiger partial charge in [0.15, 0.2) is 0 Å². The fourth-order valence-electron chi connectivity index (χ4n) is 1.44. The van der Waals surface area contributed by atoms with E-state index in [1.807, 2.05) is 27.7 Å². The molecule has 0 aromatic rings. The Morgan fingerprint density at radius 3 is 1.46 bits per heavy atom. The monoisotopic (exact) mass is 189 g/mol. The van der Waals surface area contributed by atoms with Crippen LogP contribution in [0.15, 0.2) is 0 Å². The minimum atomic E-state index is 0.416. The molecular weight excluding hydrogens is 162 g/mol. The first kappa shape index (κ1) is 15.4. The molecule has 1 unspecified atom stereocenters. The van der Waals surface area contributed by atoms with Gasteiger partial charge in [-0.25, -0.2) is 0 Å². The molecule has 0 aliphatic carbocycles. The number of hydrogen-bond donors (Lipinski definition) is 0. The van der Waals surface area contributed by atoms with E-state index in [0.717, 1.165) is 13.1 Å². The van der Waals surface area contributed by atoms with Crippen molar-refractivity contribution in [1.29, 1.82) is 0 Å². The SMILES string of the molecule is CC.CC.CC1CN(C)C[C@@H](C)O1. The molecule has 1 aliphatic rings. The molecule has 0 aromatic carbocycles. The smallest absolute Gasteiger partial charge is 0.0678 e. The van der Waals surface area contributed by atoms with Crippen LogP contribution in [0.1, 0.15) is 41.5 Å². The van der Waals surface area contributed by atoms with Crippen LogP contribution in [0.2, 0.25) is 0 Å². The Morgan fingerprint density at radius 1 is 0.923 bits per heavy atom. The van der Waals surface area contributed by atoms with Crippen molar-refractivity contribution < 1.29 is 4.74 Å². The Hall–Kier alpha value is -0.0800. The molecule has 0 radical (unpaired) electrons. The standard InChI is InChI=1S/C7H15NO.2C2H6/c1-6-4-8(3)5-7(2)9-6;2*1-2/h6-7H,4-5H2,1-3H3;2*1-2H3/t6-,7?;;/m1../s1. The molecule has 0 aromatic heterocycles. The average Bonchev–Trinajstić information content (AvgIpc) is 2.09. The summed E-state index contributed by atoms with van der Waals surface area (Å²) < 4.78 is 5.51. The molecule has 1 heterocycles. The summed E-state index contributed by atoms with van der Waals surface area (Å²) in [6.07, 6.45) is 0.831. The van der Waals surface area contributed by atoms with E-state index in [1.165, 1.54) is 0 Å². The molecule has 1 aliphatic heterocycles. The zero-order chi connectivity index (χ0) is 10.9. The van der Waals surface area contributed by atoms with E-state index < -0.39 is 0 Å². The summed E-state index contributed by atoms with van der Waals surface area (Å²) in [5, 5.41) is 0. The lowest BCUT2D eigenvalue weighted by Gasteiger charge is -2.32. The van der Waals surface area contributed by atoms with E-state index in [0.29, 0.717) is 12.2 Å². The maximum atomic E-state index is 5.51. The first-order chi connectivity index (χ1) is 6.18. The van der Waals surface area contributed by atoms with Crippen molar-refractivity contribution in [3.8, 4) is 0 Å². The van der Waals surface area contributed by atoms with E-state index in [1.54, 1.807) is 0 Å². The van der Waals surface area contributed by atoms with Crippen molar-refractivity contribution in [2.24, 2.45) is 0 Å². The number of hydrogen-bond acceptors (Lipinski definition) is 2. The van der Waals surface area contributed by atoms with Crippen molar-refractivity contribution in [3.05, 3.63) is 0 Å². The quantitative estimate of drug-likeness (QED) is 0.581. The highest BCUT2D eigenvalue weighted by molar-refractivity contribution is 4.69. The van der Waals surface area contributed by atoms with E-state index in [2.05, 4.69) is 25.8 Å². The lowest BCUT2D eigenvalue weighted by molar-refractivity contribution is -0.0602. The first-order valence-corrected chi connectivity index (χ1v) is 5.52. The molecular formula is C11H27NO. The average molecular weight is 189 g/mol. The van der Waals surface area contributed by atoms with E-state index >= 15 is 0 Å². The molecule has 1 rings (SSSR count). The summed E-state index contributed by atoms with van der Waals surface area (Å²) in [6, 6.07) is 0. The van der Waals surface area contributed by atoms with Crippen LogP contribution in [-0.4, -0.2) is 37.2 Å². The van der Waals surface area contributed by atoms with Crippen LogP contribution in [0.3, 0.4) is 0 Å². The molecule has 2 nitrogen and oxygen atoms in total. The third-order valence-corrected chi connectivity index (χ3v) is 1.60. The molecule has 0 N–H and O–H groups in total. The Bertz CT molecular complexity index is 71.1. The van der Waals surface area contributed by atoms with Gasteiger partial charge in [-0.2, -0.15) is 0 Å². The normalized spacial score (nSPS) is 27.9. The zero-order valence-electron chi connectivity index (χ0n) is 10.4. The summed E-state index contributed by atoms with van der Waals surface area (Å²) in [7, 11) is 2.13. The van der Waals surface area contributed by atoms with E-state index in [-0.39, 0.29) is 0 Å². The summed E-state index contributed by atoms with van der Waals surface area (Å²) >= 11 is 0. The molecule has 82 valence electrons. The molecule has 0 amide bonds. The van der Waals surface area contributed by atoms with Gasteiger partial charge in [-0.1, -0.05) is 27.7 Å². The third-order valence-electron chi connectivity index (χ3n) is 1.60. The molecule has 1 saturated heterocycles. The summed E-state index contributed by atoms with van der Waals surface area (Å²) in [5.41, 5.74) is 0. The lowest BCUT2D eigenvalue weighted by atomic mass is 10.2. The van der Waals surface area contributed by atoms with Gasteiger partial charge in [0.05, 0.1) is 12.2 Å². The predicted molar refractivity (Wildman–Crippen MR) is 60.2 cm³/mol. The predicted octanol–water partition coefficient (Wildman–Crippen LogP) is 2.78. The maximum absolute atomic E-state index is 5.51. The van der Waals surface area contributed by atoms with Gasteiger partial charge >= 0.3 is 0 Å². The fraction of sp³-hybridized carbons (Fsp3) is 1.00. The largest absolute Gasteiger partial charge is 0.373 e. The number of morpholine rings is 1. The van der Waals surface area contributed by atoms with Crippen LogP contribution in [0.4, 0.5) is 0 Å². The van der Waals surface area contributed by atoms with Crippen molar-refractivity contribution in [2.75, 3.05) is 20.1 Å². The molecule has 1 fully saturated rings. The number of ether oxygens (including phenoxy) is 1. The first-order valence-electron chi connectivity index (χ1n) is 5.52. The molecule has 0 bridgehead atoms. The lowest BCUT2D eigenvalue weighted by Crippen LogP contribution is -2.42. The van der Waals surface area contributed by atoms with Gasteiger partial charge in [-0.05, 0) is 20.9 Å². The highest BCUT2D eigenvalue weighted by Crippen LogP contribution is 2.07. The Balaban J connectivity index is 0. The minimum Gasteiger partial charge on any atom is -0.373 e. The topological polar surface area (TPSA) is 12.5 Å². The maximum Gasteiger partial charge on any atom is 0.0678 e. The summed E-state index contributed by atoms with van der Waals surface area (Å²) in [6.45, 7) is 14.4. The van der Waals surface area contributed by atoms with Gasteiger partial charge in [0.2, 0.25) is 0 Å². The van der Waals surface area contributed by atoms with Gasteiger partial charge in [0.25, 0.3) is 0 Å². The fourth-order valence-corrected chi connectivity index (χ4v) is 1.44. The zero-order valence-corrected chi connectivity index (χ0v) is 10.4. The molecule has 2 heteroatoms. The second-order valence-corrected chi connectivity index (χ2v) is 2.98. The van der Waals surface area contributed by atoms with Gasteiger partial charge in [-0.3, -0.25) is 0 Å². The molecule has 2 atom stereocenters. The van der Waals surface area contributed by atoms with Crippen LogP contribution in [-0.2, 0) is 4.74 Å². The van der Waals surface area contributed by atoms with E-state index in [4.69, 9.17) is 4.74 Å². The van der Waals surface area contributed by atoms with Crippen LogP contribution in [0.5, 0.6) is 0 Å². The van der Waals surface area contributed by atoms with Crippen molar-refractivity contribution in [3.63, 3.8) is 0 Å². The van der Waals surface area contributed by atoms with Gasteiger partial charge in [-0.15, -0.1) is 0 Å². The number of rotatable bonds is 0. The number of likely N-dealkylation sites (N-methyl/N-ethyl adjacent to an activating group) is 1. The highest BCUT2D eigenvalue weighted by atomic mass is 16.5. The minimum absolute atomic E-state index is 0.416. The second-order valence-electron chi connectivity index (χ2n) is 2.98. The second kappa shape index (κ2) is 10.0. The van der Waals surface area contributed by atoms with E-state index in [9.17, 15) is 0 Å². The molecule has 13 heavy (non-hydrogen) atoms. The Morgan fingerprint density at radius 2 is 1.23 bits per heavy atom. The van der Waals surface area contributed by atoms with Crippen LogP contribution in [0.25, 0.3) is 0 Å². The van der Waals surface area contributed by atoms with Crippen molar-refractivity contribution in [2.45, 2.75) is 53.8 Å². The Labute approximate surface area is 84.3 Å². The third kappa shape index (κ3) is 8.26. The highest BCUT2D eigenvalue weighted by Gasteiger charge is 2.18. The van der Waals surface area contributed by atoms with Gasteiger partial charge in [0.1, 0.15) is 0 Å². The molecule has 0 spiro atoms. The Kier molecular flexibility index (Phi) is 11.8. The van der Waals surface area contributed by atoms with Crippen molar-refractivity contribution >= 4 is 0 Å². The van der Waals surface area contributed by atoms with Crippen LogP contribution >= 0.6 is 0 Å². The summed E-state index contributed by atoms with van der Waals surface area (Å²) in [5.74, 6) is 0. The van der Waals surface area contributed by atoms with Crippen molar-refractivity contribution in [1.82, 2.24) is 4.90 Å². The van der Waals surface area contributed by atoms with Crippen LogP contribution < -0.4 is 0 Å². The summed E-state index contributed by atoms with van der Waals surface area (Å²) in [4.78, 5) is 2.30. The molecule has 0 saturated carbocycles. The van der Waals surface area contributed by atoms with Gasteiger partial charge in [0, 0.05) is 13.1 Å². The number of nitrogens with zero attached hydrogens (tertiary/aromatic N) is 1. The van der Waals surface area contributed by atoms with Gasteiger partial charge < -0.3 is 9.64 Å². The van der Waals surface area contributed by atoms with Crippen LogP contribution in [0, 0.1) is 0 Å².